The van der Waals surface area contributed by atoms with E-state index in [-0.39, 0.29) is 25.0 Å². The quantitative estimate of drug-likeness (QED) is 0.843. The second kappa shape index (κ2) is 7.13. The predicted molar refractivity (Wildman–Crippen MR) is 75.4 cm³/mol. The lowest BCUT2D eigenvalue weighted by Gasteiger charge is -2.26. The minimum atomic E-state index is -0.896. The summed E-state index contributed by atoms with van der Waals surface area (Å²) >= 11 is 1.64. The molecular formula is C13H20N2O3S. The largest absolute Gasteiger partial charge is 0.481 e. The van der Waals surface area contributed by atoms with Gasteiger partial charge in [0.2, 0.25) is 0 Å². The van der Waals surface area contributed by atoms with Crippen LogP contribution < -0.4 is 5.32 Å². The molecule has 0 aliphatic rings. The summed E-state index contributed by atoms with van der Waals surface area (Å²) in [6.45, 7) is 6.46. The van der Waals surface area contributed by atoms with Crippen LogP contribution in [-0.2, 0) is 11.3 Å². The van der Waals surface area contributed by atoms with Gasteiger partial charge < -0.3 is 15.3 Å². The van der Waals surface area contributed by atoms with E-state index in [1.54, 1.807) is 11.3 Å². The summed E-state index contributed by atoms with van der Waals surface area (Å²) in [4.78, 5) is 26.4. The fraction of sp³-hybridized carbons (Fsp3) is 0.538. The lowest BCUT2D eigenvalue weighted by molar-refractivity contribution is -0.137. The molecule has 106 valence electrons. The first-order chi connectivity index (χ1) is 8.90. The Morgan fingerprint density at radius 3 is 2.58 bits per heavy atom. The summed E-state index contributed by atoms with van der Waals surface area (Å²) in [6, 6.07) is 3.75. The van der Waals surface area contributed by atoms with Gasteiger partial charge in [-0.1, -0.05) is 0 Å². The van der Waals surface area contributed by atoms with Crippen molar-refractivity contribution in [2.75, 3.05) is 6.54 Å². The number of hydrogen-bond acceptors (Lipinski definition) is 3. The molecule has 2 amide bonds. The Hall–Kier alpha value is -1.56. The molecule has 1 aromatic heterocycles. The molecule has 1 rings (SSSR count). The molecule has 0 aromatic carbocycles. The van der Waals surface area contributed by atoms with Crippen LogP contribution in [0.25, 0.3) is 0 Å². The van der Waals surface area contributed by atoms with E-state index in [1.807, 2.05) is 32.9 Å². The van der Waals surface area contributed by atoms with E-state index in [9.17, 15) is 9.59 Å². The zero-order valence-corrected chi connectivity index (χ0v) is 12.3. The van der Waals surface area contributed by atoms with Crippen molar-refractivity contribution in [3.05, 3.63) is 21.9 Å². The molecule has 1 heterocycles. The van der Waals surface area contributed by atoms with Crippen molar-refractivity contribution in [1.82, 2.24) is 10.2 Å². The third-order valence-corrected chi connectivity index (χ3v) is 3.66. The minimum absolute atomic E-state index is 0.0237. The Balaban J connectivity index is 2.49. The number of rotatable bonds is 6. The smallest absolute Gasteiger partial charge is 0.317 e. The third kappa shape index (κ3) is 5.30. The van der Waals surface area contributed by atoms with Gasteiger partial charge in [-0.15, -0.1) is 11.3 Å². The molecule has 1 aromatic rings. The second-order valence-electron chi connectivity index (χ2n) is 4.60. The van der Waals surface area contributed by atoms with Crippen molar-refractivity contribution >= 4 is 23.3 Å². The molecule has 0 spiro atoms. The number of hydrogen-bond donors (Lipinski definition) is 2. The maximum atomic E-state index is 12.0. The van der Waals surface area contributed by atoms with E-state index in [0.717, 1.165) is 4.88 Å². The number of aryl methyl sites for hydroxylation is 1. The molecule has 0 unspecified atom stereocenters. The molecule has 0 aliphatic heterocycles. The van der Waals surface area contributed by atoms with Crippen LogP contribution >= 0.6 is 11.3 Å². The highest BCUT2D eigenvalue weighted by Gasteiger charge is 2.17. The zero-order chi connectivity index (χ0) is 14.4. The lowest BCUT2D eigenvalue weighted by atomic mass is 10.3. The highest BCUT2D eigenvalue weighted by molar-refractivity contribution is 7.11. The van der Waals surface area contributed by atoms with Gasteiger partial charge in [0.15, 0.2) is 0 Å². The SMILES string of the molecule is Cc1ccc(CNC(=O)N(CCC(=O)O)C(C)C)s1. The van der Waals surface area contributed by atoms with Crippen LogP contribution in [0.15, 0.2) is 12.1 Å². The van der Waals surface area contributed by atoms with Gasteiger partial charge in [0.05, 0.1) is 13.0 Å². The minimum Gasteiger partial charge on any atom is -0.481 e. The fourth-order valence-corrected chi connectivity index (χ4v) is 2.48. The molecule has 0 bridgehead atoms. The van der Waals surface area contributed by atoms with E-state index in [2.05, 4.69) is 5.32 Å². The van der Waals surface area contributed by atoms with Crippen LogP contribution in [-0.4, -0.2) is 34.6 Å². The van der Waals surface area contributed by atoms with Crippen molar-refractivity contribution in [3.8, 4) is 0 Å². The maximum absolute atomic E-state index is 12.0. The number of thiophene rings is 1. The summed E-state index contributed by atoms with van der Waals surface area (Å²) in [6.07, 6.45) is -0.0380. The number of amides is 2. The van der Waals surface area contributed by atoms with Gasteiger partial charge >= 0.3 is 12.0 Å². The van der Waals surface area contributed by atoms with Crippen LogP contribution in [0.3, 0.4) is 0 Å². The van der Waals surface area contributed by atoms with Crippen molar-refractivity contribution < 1.29 is 14.7 Å². The highest BCUT2D eigenvalue weighted by atomic mass is 32.1. The number of carbonyl (C=O) groups is 2. The predicted octanol–water partition coefficient (Wildman–Crippen LogP) is 2.45. The first-order valence-electron chi connectivity index (χ1n) is 6.21. The van der Waals surface area contributed by atoms with E-state index in [1.165, 1.54) is 9.78 Å². The summed E-state index contributed by atoms with van der Waals surface area (Å²) in [5.74, 6) is -0.896. The molecule has 5 nitrogen and oxygen atoms in total. The Morgan fingerprint density at radius 1 is 1.42 bits per heavy atom. The first kappa shape index (κ1) is 15.5. The lowest BCUT2D eigenvalue weighted by Crippen LogP contribution is -2.44. The molecule has 0 aliphatic carbocycles. The number of nitrogens with zero attached hydrogens (tertiary/aromatic N) is 1. The van der Waals surface area contributed by atoms with Crippen molar-refractivity contribution in [1.29, 1.82) is 0 Å². The number of carboxylic acid groups (broad SMARTS) is 1. The second-order valence-corrected chi connectivity index (χ2v) is 5.97. The Morgan fingerprint density at radius 2 is 2.11 bits per heavy atom. The average Bonchev–Trinajstić information content (AvgIpc) is 2.72. The Kier molecular flexibility index (Phi) is 5.82. The van der Waals surface area contributed by atoms with E-state index >= 15 is 0 Å². The van der Waals surface area contributed by atoms with Gasteiger partial charge in [-0.25, -0.2) is 4.79 Å². The Labute approximate surface area is 117 Å². The number of urea groups is 1. The van der Waals surface area contributed by atoms with E-state index < -0.39 is 5.97 Å². The van der Waals surface area contributed by atoms with Gasteiger partial charge in [0.1, 0.15) is 0 Å². The van der Waals surface area contributed by atoms with E-state index in [4.69, 9.17) is 5.11 Å². The molecule has 0 radical (unpaired) electrons. The van der Waals surface area contributed by atoms with Gasteiger partial charge in [-0.05, 0) is 32.9 Å². The summed E-state index contributed by atoms with van der Waals surface area (Å²) in [7, 11) is 0. The van der Waals surface area contributed by atoms with Crippen LogP contribution in [0.1, 0.15) is 30.0 Å². The van der Waals surface area contributed by atoms with Crippen molar-refractivity contribution in [2.45, 2.75) is 39.8 Å². The summed E-state index contributed by atoms with van der Waals surface area (Å²) in [5.41, 5.74) is 0. The molecule has 0 saturated carbocycles. The van der Waals surface area contributed by atoms with Crippen LogP contribution in [0.4, 0.5) is 4.79 Å². The number of aliphatic carboxylic acids is 1. The van der Waals surface area contributed by atoms with E-state index in [0.29, 0.717) is 6.54 Å². The summed E-state index contributed by atoms with van der Waals surface area (Å²) < 4.78 is 0. The van der Waals surface area contributed by atoms with Gasteiger partial charge in [0.25, 0.3) is 0 Å². The van der Waals surface area contributed by atoms with Crippen LogP contribution in [0, 0.1) is 6.92 Å². The number of carbonyl (C=O) groups excluding carboxylic acids is 1. The van der Waals surface area contributed by atoms with Crippen molar-refractivity contribution in [3.63, 3.8) is 0 Å². The maximum Gasteiger partial charge on any atom is 0.317 e. The molecule has 19 heavy (non-hydrogen) atoms. The molecule has 6 heteroatoms. The summed E-state index contributed by atoms with van der Waals surface area (Å²) in [5, 5.41) is 11.5. The normalized spacial score (nSPS) is 10.5. The molecule has 0 fully saturated rings. The fourth-order valence-electron chi connectivity index (χ4n) is 1.65. The monoisotopic (exact) mass is 284 g/mol. The zero-order valence-electron chi connectivity index (χ0n) is 11.5. The highest BCUT2D eigenvalue weighted by Crippen LogP contribution is 2.14. The third-order valence-electron chi connectivity index (χ3n) is 2.66. The molecular weight excluding hydrogens is 264 g/mol. The van der Waals surface area contributed by atoms with Crippen LogP contribution in [0.5, 0.6) is 0 Å². The van der Waals surface area contributed by atoms with Gasteiger partial charge in [-0.3, -0.25) is 4.79 Å². The number of nitrogens with one attached hydrogen (secondary N) is 1. The Bertz CT molecular complexity index is 443. The van der Waals surface area contributed by atoms with Crippen molar-refractivity contribution in [2.24, 2.45) is 0 Å². The average molecular weight is 284 g/mol. The molecule has 2 N–H and O–H groups in total. The van der Waals surface area contributed by atoms with Crippen LogP contribution in [0.2, 0.25) is 0 Å². The standard InChI is InChI=1S/C13H20N2O3S/c1-9(2)15(7-6-12(16)17)13(18)14-8-11-5-4-10(3)19-11/h4-5,9H,6-8H2,1-3H3,(H,14,18)(H,16,17). The topological polar surface area (TPSA) is 69.6 Å². The van der Waals surface area contributed by atoms with Gasteiger partial charge in [0, 0.05) is 22.3 Å². The first-order valence-corrected chi connectivity index (χ1v) is 7.03. The molecule has 0 saturated heterocycles. The molecule has 0 atom stereocenters. The van der Waals surface area contributed by atoms with Gasteiger partial charge in [-0.2, -0.15) is 0 Å². The number of carboxylic acids is 1.